The Morgan fingerprint density at radius 3 is 2.33 bits per heavy atom. The molecular weight excluding hydrogens is 308 g/mol. The lowest BCUT2D eigenvalue weighted by atomic mass is 10.1. The molecule has 0 unspecified atom stereocenters. The molecule has 0 spiro atoms. The van der Waals surface area contributed by atoms with Crippen LogP contribution in [0.5, 0.6) is 0 Å². The molecule has 0 aromatic carbocycles. The van der Waals surface area contributed by atoms with Gasteiger partial charge < -0.3 is 19.0 Å². The van der Waals surface area contributed by atoms with Crippen LogP contribution in [0.1, 0.15) is 39.2 Å². The van der Waals surface area contributed by atoms with Crippen LogP contribution in [0.3, 0.4) is 0 Å². The summed E-state index contributed by atoms with van der Waals surface area (Å²) in [6.45, 7) is 10.7. The van der Waals surface area contributed by atoms with Gasteiger partial charge in [0.25, 0.3) is 0 Å². The second-order valence-corrected chi connectivity index (χ2v) is 6.54. The van der Waals surface area contributed by atoms with E-state index in [0.29, 0.717) is 19.7 Å². The van der Waals surface area contributed by atoms with E-state index >= 15 is 0 Å². The quantitative estimate of drug-likeness (QED) is 0.694. The topological polar surface area (TPSA) is 63.0 Å². The molecule has 0 bridgehead atoms. The third kappa shape index (κ3) is 6.00. The van der Waals surface area contributed by atoms with Gasteiger partial charge in [0, 0.05) is 25.6 Å². The van der Waals surface area contributed by atoms with Crippen molar-refractivity contribution in [1.82, 2.24) is 9.80 Å². The summed E-state index contributed by atoms with van der Waals surface area (Å²) in [5.74, 6) is 1.27. The number of amides is 2. The van der Waals surface area contributed by atoms with E-state index in [1.807, 2.05) is 46.8 Å². The van der Waals surface area contributed by atoms with E-state index in [1.165, 1.54) is 0 Å². The van der Waals surface area contributed by atoms with Crippen molar-refractivity contribution in [2.45, 2.75) is 47.2 Å². The second-order valence-electron chi connectivity index (χ2n) is 6.54. The third-order valence-electron chi connectivity index (χ3n) is 3.77. The molecule has 0 aliphatic heterocycles. The SMILES string of the molecule is COCCN(Cc1ccc(C)o1)C(=O)CN(C(=O)C(C)C)C(C)C. The first kappa shape index (κ1) is 20.2. The molecule has 0 N–H and O–H groups in total. The largest absolute Gasteiger partial charge is 0.464 e. The number of furan rings is 1. The molecule has 0 aliphatic rings. The summed E-state index contributed by atoms with van der Waals surface area (Å²) in [7, 11) is 1.60. The Morgan fingerprint density at radius 1 is 1.21 bits per heavy atom. The van der Waals surface area contributed by atoms with Gasteiger partial charge in [0.15, 0.2) is 0 Å². The molecule has 2 amide bonds. The Hall–Kier alpha value is -1.82. The predicted octanol–water partition coefficient (Wildman–Crippen LogP) is 2.46. The van der Waals surface area contributed by atoms with E-state index in [4.69, 9.17) is 9.15 Å². The van der Waals surface area contributed by atoms with Gasteiger partial charge in [-0.1, -0.05) is 13.8 Å². The summed E-state index contributed by atoms with van der Waals surface area (Å²) in [6.07, 6.45) is 0. The molecule has 1 aromatic heterocycles. The van der Waals surface area contributed by atoms with Crippen molar-refractivity contribution < 1.29 is 18.7 Å². The van der Waals surface area contributed by atoms with Crippen LogP contribution in [0.25, 0.3) is 0 Å². The first-order valence-electron chi connectivity index (χ1n) is 8.38. The van der Waals surface area contributed by atoms with Gasteiger partial charge in [-0.15, -0.1) is 0 Å². The van der Waals surface area contributed by atoms with Crippen molar-refractivity contribution in [1.29, 1.82) is 0 Å². The molecule has 136 valence electrons. The molecule has 0 saturated carbocycles. The van der Waals surface area contributed by atoms with Crippen molar-refractivity contribution in [2.75, 3.05) is 26.8 Å². The number of carbonyl (C=O) groups is 2. The molecule has 0 atom stereocenters. The number of nitrogens with zero attached hydrogens (tertiary/aromatic N) is 2. The molecule has 6 heteroatoms. The lowest BCUT2D eigenvalue weighted by molar-refractivity contribution is -0.144. The fourth-order valence-electron chi connectivity index (χ4n) is 2.34. The second kappa shape index (κ2) is 9.47. The molecule has 1 aromatic rings. The van der Waals surface area contributed by atoms with Gasteiger partial charge in [-0.3, -0.25) is 9.59 Å². The van der Waals surface area contributed by atoms with Crippen molar-refractivity contribution in [3.63, 3.8) is 0 Å². The van der Waals surface area contributed by atoms with Crippen LogP contribution in [0, 0.1) is 12.8 Å². The lowest BCUT2D eigenvalue weighted by Gasteiger charge is -2.30. The minimum absolute atomic E-state index is 0.0149. The average Bonchev–Trinajstić information content (AvgIpc) is 2.92. The molecule has 1 heterocycles. The summed E-state index contributed by atoms with van der Waals surface area (Å²) < 4.78 is 10.7. The summed E-state index contributed by atoms with van der Waals surface area (Å²) in [5, 5.41) is 0. The van der Waals surface area contributed by atoms with Crippen LogP contribution in [-0.4, -0.2) is 54.5 Å². The van der Waals surface area contributed by atoms with Gasteiger partial charge >= 0.3 is 0 Å². The van der Waals surface area contributed by atoms with Gasteiger partial charge in [0.2, 0.25) is 11.8 Å². The highest BCUT2D eigenvalue weighted by Gasteiger charge is 2.25. The van der Waals surface area contributed by atoms with E-state index in [-0.39, 0.29) is 30.3 Å². The summed E-state index contributed by atoms with van der Waals surface area (Å²) in [4.78, 5) is 28.4. The lowest BCUT2D eigenvalue weighted by Crippen LogP contribution is -2.47. The van der Waals surface area contributed by atoms with E-state index in [9.17, 15) is 9.59 Å². The summed E-state index contributed by atoms with van der Waals surface area (Å²) in [6, 6.07) is 3.71. The molecule has 1 rings (SSSR count). The maximum absolute atomic E-state index is 12.7. The number of rotatable bonds is 9. The summed E-state index contributed by atoms with van der Waals surface area (Å²) in [5.41, 5.74) is 0. The van der Waals surface area contributed by atoms with E-state index in [0.717, 1.165) is 11.5 Å². The molecule has 0 fully saturated rings. The van der Waals surface area contributed by atoms with Crippen LogP contribution in [-0.2, 0) is 20.9 Å². The van der Waals surface area contributed by atoms with Crippen LogP contribution in [0.4, 0.5) is 0 Å². The number of methoxy groups -OCH3 is 1. The van der Waals surface area contributed by atoms with Gasteiger partial charge in [0.05, 0.1) is 19.7 Å². The van der Waals surface area contributed by atoms with Crippen LogP contribution < -0.4 is 0 Å². The zero-order valence-corrected chi connectivity index (χ0v) is 15.7. The van der Waals surface area contributed by atoms with Gasteiger partial charge in [0.1, 0.15) is 11.5 Å². The zero-order valence-electron chi connectivity index (χ0n) is 15.7. The minimum Gasteiger partial charge on any atom is -0.464 e. The molecule has 6 nitrogen and oxygen atoms in total. The van der Waals surface area contributed by atoms with E-state index in [2.05, 4.69) is 0 Å². The fraction of sp³-hybridized carbons (Fsp3) is 0.667. The van der Waals surface area contributed by atoms with Crippen LogP contribution in [0.15, 0.2) is 16.5 Å². The van der Waals surface area contributed by atoms with Crippen LogP contribution >= 0.6 is 0 Å². The summed E-state index contributed by atoms with van der Waals surface area (Å²) >= 11 is 0. The number of carbonyl (C=O) groups excluding carboxylic acids is 2. The first-order chi connectivity index (χ1) is 11.3. The van der Waals surface area contributed by atoms with Crippen molar-refractivity contribution >= 4 is 11.8 Å². The Balaban J connectivity index is 2.83. The number of ether oxygens (including phenoxy) is 1. The monoisotopic (exact) mass is 338 g/mol. The third-order valence-corrected chi connectivity index (χ3v) is 3.77. The van der Waals surface area contributed by atoms with Gasteiger partial charge in [-0.05, 0) is 32.9 Å². The van der Waals surface area contributed by atoms with Crippen molar-refractivity contribution in [3.05, 3.63) is 23.7 Å². The molecule has 0 radical (unpaired) electrons. The maximum Gasteiger partial charge on any atom is 0.242 e. The molecular formula is C18H30N2O4. The predicted molar refractivity (Wildman–Crippen MR) is 92.4 cm³/mol. The fourth-order valence-corrected chi connectivity index (χ4v) is 2.34. The Bertz CT molecular complexity index is 537. The highest BCUT2D eigenvalue weighted by Crippen LogP contribution is 2.12. The number of hydrogen-bond acceptors (Lipinski definition) is 4. The zero-order chi connectivity index (χ0) is 18.3. The van der Waals surface area contributed by atoms with Crippen molar-refractivity contribution in [3.8, 4) is 0 Å². The van der Waals surface area contributed by atoms with Crippen molar-refractivity contribution in [2.24, 2.45) is 5.92 Å². The first-order valence-corrected chi connectivity index (χ1v) is 8.38. The van der Waals surface area contributed by atoms with E-state index in [1.54, 1.807) is 16.9 Å². The van der Waals surface area contributed by atoms with Gasteiger partial charge in [-0.25, -0.2) is 0 Å². The Kier molecular flexibility index (Phi) is 7.98. The number of hydrogen-bond donors (Lipinski definition) is 0. The molecule has 24 heavy (non-hydrogen) atoms. The Morgan fingerprint density at radius 2 is 1.88 bits per heavy atom. The normalized spacial score (nSPS) is 11.2. The van der Waals surface area contributed by atoms with Crippen LogP contribution in [0.2, 0.25) is 0 Å². The highest BCUT2D eigenvalue weighted by atomic mass is 16.5. The van der Waals surface area contributed by atoms with Gasteiger partial charge in [-0.2, -0.15) is 0 Å². The molecule has 0 aliphatic carbocycles. The molecule has 0 saturated heterocycles. The maximum atomic E-state index is 12.7. The highest BCUT2D eigenvalue weighted by molar-refractivity contribution is 5.85. The van der Waals surface area contributed by atoms with E-state index < -0.39 is 0 Å². The Labute approximate surface area is 144 Å². The smallest absolute Gasteiger partial charge is 0.242 e. The minimum atomic E-state index is -0.139. The standard InChI is InChI=1S/C18H30N2O4/c1-13(2)18(22)20(14(3)4)12-17(21)19(9-10-23-6)11-16-8-7-15(5)24-16/h7-8,13-14H,9-12H2,1-6H3. The number of aryl methyl sites for hydroxylation is 1. The average molecular weight is 338 g/mol.